The first kappa shape index (κ1) is 14.3. The summed E-state index contributed by atoms with van der Waals surface area (Å²) in [6.07, 6.45) is -0.196. The third-order valence-electron chi connectivity index (χ3n) is 2.94. The van der Waals surface area contributed by atoms with Gasteiger partial charge in [-0.3, -0.25) is 4.79 Å². The van der Waals surface area contributed by atoms with E-state index in [0.717, 1.165) is 18.8 Å². The van der Waals surface area contributed by atoms with Gasteiger partial charge in [0.2, 0.25) is 0 Å². The Hall–Kier alpha value is -1.75. The summed E-state index contributed by atoms with van der Waals surface area (Å²) in [4.78, 5) is 12.7. The van der Waals surface area contributed by atoms with Crippen LogP contribution in [0.5, 0.6) is 5.75 Å². The number of rotatable bonds is 6. The second-order valence-electron chi connectivity index (χ2n) is 4.12. The van der Waals surface area contributed by atoms with Crippen LogP contribution in [-0.4, -0.2) is 29.3 Å². The van der Waals surface area contributed by atoms with Gasteiger partial charge in [-0.15, -0.1) is 0 Å². The molecule has 0 aliphatic rings. The molecule has 18 heavy (non-hydrogen) atoms. The second-order valence-corrected chi connectivity index (χ2v) is 4.12. The molecule has 0 bridgehead atoms. The van der Waals surface area contributed by atoms with E-state index in [9.17, 15) is 9.90 Å². The standard InChI is InChI=1S/C13H20N2O3/c1-3-15(4-2)9-5-6-10(12(16)7-9)11(14)8-13(17)18/h5-7,11,16H,3-4,8,14H2,1-2H3,(H,17,18). The zero-order chi connectivity index (χ0) is 13.7. The van der Waals surface area contributed by atoms with E-state index in [1.54, 1.807) is 12.1 Å². The van der Waals surface area contributed by atoms with Crippen molar-refractivity contribution in [1.82, 2.24) is 0 Å². The summed E-state index contributed by atoms with van der Waals surface area (Å²) in [5.41, 5.74) is 7.11. The van der Waals surface area contributed by atoms with E-state index in [4.69, 9.17) is 10.8 Å². The number of nitrogens with zero attached hydrogens (tertiary/aromatic N) is 1. The molecule has 1 rings (SSSR count). The summed E-state index contributed by atoms with van der Waals surface area (Å²) in [7, 11) is 0. The third-order valence-corrected chi connectivity index (χ3v) is 2.94. The number of phenols is 1. The number of hydrogen-bond acceptors (Lipinski definition) is 4. The van der Waals surface area contributed by atoms with Crippen molar-refractivity contribution in [3.05, 3.63) is 23.8 Å². The zero-order valence-corrected chi connectivity index (χ0v) is 10.8. The molecular formula is C13H20N2O3. The molecule has 0 spiro atoms. The van der Waals surface area contributed by atoms with Gasteiger partial charge in [-0.25, -0.2) is 0 Å². The minimum Gasteiger partial charge on any atom is -0.508 e. The predicted octanol–water partition coefficient (Wildman–Crippen LogP) is 1.71. The quantitative estimate of drug-likeness (QED) is 0.717. The van der Waals surface area contributed by atoms with Crippen LogP contribution in [0, 0.1) is 0 Å². The van der Waals surface area contributed by atoms with Crippen LogP contribution in [0.2, 0.25) is 0 Å². The van der Waals surface area contributed by atoms with E-state index < -0.39 is 12.0 Å². The predicted molar refractivity (Wildman–Crippen MR) is 70.8 cm³/mol. The molecule has 1 atom stereocenters. The Morgan fingerprint density at radius 1 is 1.39 bits per heavy atom. The van der Waals surface area contributed by atoms with Gasteiger partial charge in [0, 0.05) is 36.4 Å². The average molecular weight is 252 g/mol. The minimum absolute atomic E-state index is 0.0492. The Kier molecular flexibility index (Phi) is 4.97. The van der Waals surface area contributed by atoms with E-state index >= 15 is 0 Å². The number of aromatic hydroxyl groups is 1. The van der Waals surface area contributed by atoms with Gasteiger partial charge in [0.1, 0.15) is 5.75 Å². The minimum atomic E-state index is -0.977. The van der Waals surface area contributed by atoms with Gasteiger partial charge in [-0.1, -0.05) is 6.07 Å². The Labute approximate surface area is 107 Å². The van der Waals surface area contributed by atoms with Gasteiger partial charge in [0.05, 0.1) is 6.42 Å². The number of benzene rings is 1. The summed E-state index contributed by atoms with van der Waals surface area (Å²) >= 11 is 0. The molecule has 5 nitrogen and oxygen atoms in total. The van der Waals surface area contributed by atoms with Crippen LogP contribution in [-0.2, 0) is 4.79 Å². The Morgan fingerprint density at radius 3 is 2.44 bits per heavy atom. The van der Waals surface area contributed by atoms with Gasteiger partial charge < -0.3 is 20.8 Å². The van der Waals surface area contributed by atoms with Crippen molar-refractivity contribution in [2.45, 2.75) is 26.3 Å². The fourth-order valence-electron chi connectivity index (χ4n) is 1.93. The van der Waals surface area contributed by atoms with E-state index in [2.05, 4.69) is 4.90 Å². The maximum Gasteiger partial charge on any atom is 0.305 e. The topological polar surface area (TPSA) is 86.8 Å². The maximum absolute atomic E-state index is 10.6. The molecule has 1 aromatic rings. The van der Waals surface area contributed by atoms with Crippen LogP contribution in [0.25, 0.3) is 0 Å². The third kappa shape index (κ3) is 3.37. The van der Waals surface area contributed by atoms with Crippen LogP contribution in [0.1, 0.15) is 31.9 Å². The van der Waals surface area contributed by atoms with Crippen molar-refractivity contribution >= 4 is 11.7 Å². The number of hydrogen-bond donors (Lipinski definition) is 3. The van der Waals surface area contributed by atoms with Gasteiger partial charge in [-0.05, 0) is 19.9 Å². The number of carbonyl (C=O) groups is 1. The molecule has 1 aromatic carbocycles. The summed E-state index contributed by atoms with van der Waals surface area (Å²) in [6, 6.07) is 4.48. The Bertz CT molecular complexity index is 417. The highest BCUT2D eigenvalue weighted by Crippen LogP contribution is 2.29. The normalized spacial score (nSPS) is 12.2. The number of carboxylic acid groups (broad SMARTS) is 1. The lowest BCUT2D eigenvalue weighted by atomic mass is 10.0. The number of aliphatic carboxylic acids is 1. The molecule has 1 unspecified atom stereocenters. The monoisotopic (exact) mass is 252 g/mol. The lowest BCUT2D eigenvalue weighted by Gasteiger charge is -2.22. The van der Waals surface area contributed by atoms with Crippen molar-refractivity contribution in [2.24, 2.45) is 5.73 Å². The van der Waals surface area contributed by atoms with Crippen LogP contribution < -0.4 is 10.6 Å². The molecule has 0 aliphatic carbocycles. The highest BCUT2D eigenvalue weighted by Gasteiger charge is 2.15. The summed E-state index contributed by atoms with van der Waals surface area (Å²) in [6.45, 7) is 5.75. The molecule has 0 radical (unpaired) electrons. The average Bonchev–Trinajstić information content (AvgIpc) is 2.29. The molecule has 5 heteroatoms. The maximum atomic E-state index is 10.6. The van der Waals surface area contributed by atoms with Crippen molar-refractivity contribution in [2.75, 3.05) is 18.0 Å². The van der Waals surface area contributed by atoms with Crippen molar-refractivity contribution in [1.29, 1.82) is 0 Å². The molecule has 0 fully saturated rings. The van der Waals surface area contributed by atoms with Gasteiger partial charge in [-0.2, -0.15) is 0 Å². The van der Waals surface area contributed by atoms with Gasteiger partial charge in [0.25, 0.3) is 0 Å². The van der Waals surface area contributed by atoms with Crippen molar-refractivity contribution < 1.29 is 15.0 Å². The van der Waals surface area contributed by atoms with Crippen LogP contribution >= 0.6 is 0 Å². The van der Waals surface area contributed by atoms with E-state index in [1.807, 2.05) is 19.9 Å². The molecule has 0 aromatic heterocycles. The van der Waals surface area contributed by atoms with Crippen LogP contribution in [0.3, 0.4) is 0 Å². The molecule has 0 saturated carbocycles. The Balaban J connectivity index is 2.95. The molecule has 4 N–H and O–H groups in total. The lowest BCUT2D eigenvalue weighted by Crippen LogP contribution is -2.22. The lowest BCUT2D eigenvalue weighted by molar-refractivity contribution is -0.137. The first-order valence-electron chi connectivity index (χ1n) is 6.04. The molecule has 0 heterocycles. The molecule has 0 saturated heterocycles. The number of anilines is 1. The Morgan fingerprint density at radius 2 is 2.00 bits per heavy atom. The fourth-order valence-corrected chi connectivity index (χ4v) is 1.93. The SMILES string of the molecule is CCN(CC)c1ccc(C(N)CC(=O)O)c(O)c1. The van der Waals surface area contributed by atoms with Crippen molar-refractivity contribution in [3.63, 3.8) is 0 Å². The first-order chi connectivity index (χ1) is 8.49. The number of phenolic OH excluding ortho intramolecular Hbond substituents is 1. The van der Waals surface area contributed by atoms with E-state index in [1.165, 1.54) is 0 Å². The highest BCUT2D eigenvalue weighted by molar-refractivity contribution is 5.68. The van der Waals surface area contributed by atoms with E-state index in [0.29, 0.717) is 5.56 Å². The fraction of sp³-hybridized carbons (Fsp3) is 0.462. The summed E-state index contributed by atoms with van der Waals surface area (Å²) in [5, 5.41) is 18.6. The number of carboxylic acids is 1. The second kappa shape index (κ2) is 6.26. The van der Waals surface area contributed by atoms with Crippen molar-refractivity contribution in [3.8, 4) is 5.75 Å². The zero-order valence-electron chi connectivity index (χ0n) is 10.8. The van der Waals surface area contributed by atoms with Crippen LogP contribution in [0.4, 0.5) is 5.69 Å². The van der Waals surface area contributed by atoms with Crippen LogP contribution in [0.15, 0.2) is 18.2 Å². The van der Waals surface area contributed by atoms with Gasteiger partial charge >= 0.3 is 5.97 Å². The summed E-state index contributed by atoms with van der Waals surface area (Å²) < 4.78 is 0. The molecule has 100 valence electrons. The molecular weight excluding hydrogens is 232 g/mol. The van der Waals surface area contributed by atoms with E-state index in [-0.39, 0.29) is 12.2 Å². The molecule has 0 amide bonds. The number of nitrogens with two attached hydrogens (primary N) is 1. The van der Waals surface area contributed by atoms with Gasteiger partial charge in [0.15, 0.2) is 0 Å². The largest absolute Gasteiger partial charge is 0.508 e. The smallest absolute Gasteiger partial charge is 0.305 e. The molecule has 0 aliphatic heterocycles. The first-order valence-corrected chi connectivity index (χ1v) is 6.04. The highest BCUT2D eigenvalue weighted by atomic mass is 16.4. The summed E-state index contributed by atoms with van der Waals surface area (Å²) in [5.74, 6) is -0.928.